The summed E-state index contributed by atoms with van der Waals surface area (Å²) in [5, 5.41) is 0. The fourth-order valence-corrected chi connectivity index (χ4v) is 3.24. The fourth-order valence-electron chi connectivity index (χ4n) is 3.24. The first-order chi connectivity index (χ1) is 16.1. The topological polar surface area (TPSA) is 88.1 Å². The lowest BCUT2D eigenvalue weighted by Gasteiger charge is -2.19. The number of methoxy groups -OCH3 is 3. The standard InChI is InChI=1S/C25H24O6.H2OP/c1-28-19-14-20(29-2)23(21(15-19)30-3)24(26)22(18-12-8-5-9-13-18)25(27)31-16-17-10-6-4-7-11-17;1-2/h4-15,22H,16H2,1-3H3;2H2/q;+1. The van der Waals surface area contributed by atoms with Gasteiger partial charge in [-0.3, -0.25) is 9.59 Å². The molecule has 7 nitrogen and oxygen atoms in total. The number of hydrogen-bond acceptors (Lipinski definition) is 7. The minimum absolute atomic E-state index is 0.0627. The molecular formula is C25H26O7P+. The third-order valence-corrected chi connectivity index (χ3v) is 4.82. The molecule has 0 spiro atoms. The van der Waals surface area contributed by atoms with E-state index >= 15 is 0 Å². The molecule has 3 aromatic carbocycles. The molecule has 0 fully saturated rings. The molecule has 172 valence electrons. The lowest BCUT2D eigenvalue weighted by atomic mass is 9.89. The van der Waals surface area contributed by atoms with Crippen molar-refractivity contribution in [2.24, 2.45) is 0 Å². The quantitative estimate of drug-likeness (QED) is 0.195. The lowest BCUT2D eigenvalue weighted by Crippen LogP contribution is -2.25. The summed E-state index contributed by atoms with van der Waals surface area (Å²) in [6, 6.07) is 21.2. The summed E-state index contributed by atoms with van der Waals surface area (Å²) in [7, 11) is 5.55. The zero-order chi connectivity index (χ0) is 24.2. The largest absolute Gasteiger partial charge is 0.496 e. The molecule has 2 atom stereocenters. The van der Waals surface area contributed by atoms with E-state index in [9.17, 15) is 9.59 Å². The maximum atomic E-state index is 13.7. The van der Waals surface area contributed by atoms with E-state index in [0.29, 0.717) is 11.3 Å². The third kappa shape index (κ3) is 6.40. The van der Waals surface area contributed by atoms with E-state index in [0.717, 1.165) is 5.56 Å². The molecule has 33 heavy (non-hydrogen) atoms. The maximum absolute atomic E-state index is 13.7. The molecule has 0 saturated carbocycles. The molecule has 0 heterocycles. The number of carbonyl (C=O) groups excluding carboxylic acids is 2. The van der Waals surface area contributed by atoms with E-state index in [1.54, 1.807) is 36.4 Å². The van der Waals surface area contributed by atoms with Crippen LogP contribution in [0.4, 0.5) is 0 Å². The van der Waals surface area contributed by atoms with Crippen LogP contribution in [-0.2, 0) is 20.7 Å². The number of esters is 1. The number of Topliss-reactive ketones (excluding diaryl/α,β-unsaturated/α-hetero) is 1. The van der Waals surface area contributed by atoms with Gasteiger partial charge in [-0.1, -0.05) is 65.2 Å². The number of ether oxygens (including phenoxy) is 4. The Balaban J connectivity index is 0.00000187. The van der Waals surface area contributed by atoms with Crippen molar-refractivity contribution in [1.82, 2.24) is 0 Å². The van der Waals surface area contributed by atoms with Gasteiger partial charge in [-0.15, -0.1) is 0 Å². The predicted molar refractivity (Wildman–Crippen MR) is 126 cm³/mol. The van der Waals surface area contributed by atoms with Gasteiger partial charge < -0.3 is 18.9 Å². The highest BCUT2D eigenvalue weighted by atomic mass is 31.0. The fraction of sp³-hybridized carbons (Fsp3) is 0.200. The van der Waals surface area contributed by atoms with E-state index in [-0.39, 0.29) is 23.7 Å². The molecule has 2 unspecified atom stereocenters. The molecular weight excluding hydrogens is 443 g/mol. The molecule has 0 saturated heterocycles. The highest BCUT2D eigenvalue weighted by molar-refractivity contribution is 7.00. The van der Waals surface area contributed by atoms with Crippen molar-refractivity contribution in [3.05, 3.63) is 89.5 Å². The van der Waals surface area contributed by atoms with Crippen molar-refractivity contribution in [3.63, 3.8) is 0 Å². The Hall–Kier alpha value is -3.70. The SMILES string of the molecule is COc1cc(OC)c(C(=O)C(C(=O)OCc2ccccc2)c2ccccc2)c(OC)c1.O=[PH2+]. The van der Waals surface area contributed by atoms with Crippen LogP contribution in [-0.4, -0.2) is 33.1 Å². The van der Waals surface area contributed by atoms with Crippen molar-refractivity contribution in [1.29, 1.82) is 0 Å². The number of rotatable bonds is 9. The second kappa shape index (κ2) is 13.0. The summed E-state index contributed by atoms with van der Waals surface area (Å²) < 4.78 is 29.8. The second-order valence-corrected chi connectivity index (χ2v) is 6.71. The normalized spacial score (nSPS) is 10.8. The Morgan fingerprint density at radius 2 is 1.30 bits per heavy atom. The zero-order valence-corrected chi connectivity index (χ0v) is 19.8. The van der Waals surface area contributed by atoms with Crippen molar-refractivity contribution in [2.45, 2.75) is 12.5 Å². The second-order valence-electron chi connectivity index (χ2n) is 6.71. The van der Waals surface area contributed by atoms with Gasteiger partial charge in [-0.25, -0.2) is 0 Å². The van der Waals surface area contributed by atoms with Crippen LogP contribution in [0.1, 0.15) is 27.4 Å². The summed E-state index contributed by atoms with van der Waals surface area (Å²) in [6.07, 6.45) is 0. The summed E-state index contributed by atoms with van der Waals surface area (Å²) in [6.45, 7) is 0.0627. The average molecular weight is 469 g/mol. The van der Waals surface area contributed by atoms with Crippen LogP contribution in [0.5, 0.6) is 17.2 Å². The van der Waals surface area contributed by atoms with Gasteiger partial charge in [0.2, 0.25) is 0 Å². The lowest BCUT2D eigenvalue weighted by molar-refractivity contribution is -0.145. The summed E-state index contributed by atoms with van der Waals surface area (Å²) >= 11 is 0. The number of benzene rings is 3. The summed E-state index contributed by atoms with van der Waals surface area (Å²) in [5.74, 6) is -1.36. The van der Waals surface area contributed by atoms with Crippen LogP contribution >= 0.6 is 9.12 Å². The Labute approximate surface area is 194 Å². The van der Waals surface area contributed by atoms with Crippen LogP contribution in [0, 0.1) is 0 Å². The molecule has 8 heteroatoms. The molecule has 3 rings (SSSR count). The number of hydrogen-bond donors (Lipinski definition) is 0. The van der Waals surface area contributed by atoms with Crippen molar-refractivity contribution in [3.8, 4) is 17.2 Å². The van der Waals surface area contributed by atoms with Gasteiger partial charge in [-0.2, -0.15) is 0 Å². The van der Waals surface area contributed by atoms with Gasteiger partial charge in [0.05, 0.1) is 21.3 Å². The van der Waals surface area contributed by atoms with Crippen molar-refractivity contribution in [2.75, 3.05) is 21.3 Å². The van der Waals surface area contributed by atoms with Gasteiger partial charge in [0.25, 0.3) is 0 Å². The van der Waals surface area contributed by atoms with E-state index < -0.39 is 17.7 Å². The van der Waals surface area contributed by atoms with E-state index in [2.05, 4.69) is 0 Å². The van der Waals surface area contributed by atoms with E-state index in [1.165, 1.54) is 30.4 Å². The summed E-state index contributed by atoms with van der Waals surface area (Å²) in [4.78, 5) is 26.8. The monoisotopic (exact) mass is 469 g/mol. The molecule has 0 aromatic heterocycles. The Morgan fingerprint density at radius 3 is 1.79 bits per heavy atom. The first-order valence-corrected chi connectivity index (χ1v) is 10.4. The molecule has 0 aliphatic carbocycles. The smallest absolute Gasteiger partial charge is 0.321 e. The molecule has 0 bridgehead atoms. The Kier molecular flexibility index (Phi) is 10.1. The predicted octanol–water partition coefficient (Wildman–Crippen LogP) is 4.63. The molecule has 0 amide bonds. The number of ketones is 1. The van der Waals surface area contributed by atoms with Gasteiger partial charge in [0.15, 0.2) is 5.78 Å². The van der Waals surface area contributed by atoms with E-state index in [1.807, 2.05) is 36.4 Å². The highest BCUT2D eigenvalue weighted by Gasteiger charge is 2.35. The highest BCUT2D eigenvalue weighted by Crippen LogP contribution is 2.38. The zero-order valence-electron chi connectivity index (χ0n) is 18.6. The van der Waals surface area contributed by atoms with Gasteiger partial charge in [0.1, 0.15) is 35.3 Å². The third-order valence-electron chi connectivity index (χ3n) is 4.82. The molecule has 0 aliphatic heterocycles. The van der Waals surface area contributed by atoms with Crippen molar-refractivity contribution >= 4 is 20.9 Å². The van der Waals surface area contributed by atoms with Crippen LogP contribution < -0.4 is 14.2 Å². The minimum atomic E-state index is -1.18. The first-order valence-electron chi connectivity index (χ1n) is 9.92. The van der Waals surface area contributed by atoms with Crippen LogP contribution in [0.25, 0.3) is 0 Å². The van der Waals surface area contributed by atoms with Crippen LogP contribution in [0.15, 0.2) is 72.8 Å². The minimum Gasteiger partial charge on any atom is -0.496 e. The van der Waals surface area contributed by atoms with Crippen LogP contribution in [0.3, 0.4) is 0 Å². The maximum Gasteiger partial charge on any atom is 0.321 e. The molecule has 3 aromatic rings. The van der Waals surface area contributed by atoms with Crippen LogP contribution in [0.2, 0.25) is 0 Å². The molecule has 0 aliphatic rings. The van der Waals surface area contributed by atoms with E-state index in [4.69, 9.17) is 23.5 Å². The Morgan fingerprint density at radius 1 is 0.788 bits per heavy atom. The van der Waals surface area contributed by atoms with Gasteiger partial charge in [-0.05, 0) is 11.1 Å². The average Bonchev–Trinajstić information content (AvgIpc) is 2.89. The summed E-state index contributed by atoms with van der Waals surface area (Å²) in [5.41, 5.74) is 1.50. The molecule has 0 radical (unpaired) electrons. The van der Waals surface area contributed by atoms with Gasteiger partial charge in [0, 0.05) is 12.1 Å². The Bertz CT molecular complexity index is 1030. The number of carbonyl (C=O) groups is 2. The van der Waals surface area contributed by atoms with Crippen molar-refractivity contribution < 1.29 is 33.1 Å². The molecule has 0 N–H and O–H groups in total. The van der Waals surface area contributed by atoms with Gasteiger partial charge >= 0.3 is 15.1 Å². The first kappa shape index (κ1) is 25.6.